The number of fused-ring (bicyclic) bond motifs is 1. The van der Waals surface area contributed by atoms with Gasteiger partial charge in [0.25, 0.3) is 5.78 Å². The van der Waals surface area contributed by atoms with Crippen LogP contribution < -0.4 is 4.48 Å². The van der Waals surface area contributed by atoms with Crippen LogP contribution in [0, 0.1) is 0 Å². The number of para-hydroxylation sites is 1. The Kier molecular flexibility index (Phi) is 2.97. The molecule has 1 aromatic rings. The van der Waals surface area contributed by atoms with E-state index in [2.05, 4.69) is 4.90 Å². The van der Waals surface area contributed by atoms with Crippen LogP contribution in [0.2, 0.25) is 0 Å². The van der Waals surface area contributed by atoms with Gasteiger partial charge in [0.2, 0.25) is 0 Å². The monoisotopic (exact) mass is 261 g/mol. The van der Waals surface area contributed by atoms with Crippen LogP contribution in [-0.4, -0.2) is 56.6 Å². The lowest BCUT2D eigenvalue weighted by Gasteiger charge is -2.34. The molecule has 100 valence electrons. The third-order valence-electron chi connectivity index (χ3n) is 3.91. The summed E-state index contributed by atoms with van der Waals surface area (Å²) in [4.78, 5) is 26.5. The molecule has 2 heterocycles. The first-order valence-corrected chi connectivity index (χ1v) is 6.47. The summed E-state index contributed by atoms with van der Waals surface area (Å²) < 4.78 is 5.36. The van der Waals surface area contributed by atoms with Gasteiger partial charge in [-0.05, 0) is 6.07 Å². The van der Waals surface area contributed by atoms with Crippen molar-refractivity contribution in [1.29, 1.82) is 0 Å². The number of ketones is 1. The van der Waals surface area contributed by atoms with Crippen LogP contribution in [-0.2, 0) is 9.53 Å². The molecule has 0 aliphatic carbocycles. The van der Waals surface area contributed by atoms with Crippen LogP contribution in [0.1, 0.15) is 10.4 Å². The quantitative estimate of drug-likeness (QED) is 0.579. The number of morpholine rings is 1. The normalized spacial score (nSPS) is 27.6. The summed E-state index contributed by atoms with van der Waals surface area (Å²) in [5, 5.41) is 0. The molecule has 0 saturated carbocycles. The molecule has 2 aliphatic heterocycles. The maximum atomic E-state index is 12.3. The smallest absolute Gasteiger partial charge is 0.379 e. The Bertz CT molecular complexity index is 537. The lowest BCUT2D eigenvalue weighted by atomic mass is 10.1. The number of amides is 1. The summed E-state index contributed by atoms with van der Waals surface area (Å²) >= 11 is 0. The van der Waals surface area contributed by atoms with Gasteiger partial charge in [0.15, 0.2) is 5.69 Å². The Hall–Kier alpha value is -1.56. The van der Waals surface area contributed by atoms with E-state index in [1.807, 2.05) is 19.2 Å². The van der Waals surface area contributed by atoms with Crippen molar-refractivity contribution in [2.45, 2.75) is 0 Å². The molecule has 1 amide bonds. The third-order valence-corrected chi connectivity index (χ3v) is 3.91. The van der Waals surface area contributed by atoms with E-state index in [1.165, 1.54) is 0 Å². The van der Waals surface area contributed by atoms with E-state index in [0.29, 0.717) is 25.4 Å². The summed E-state index contributed by atoms with van der Waals surface area (Å²) in [6, 6.07) is 7.28. The van der Waals surface area contributed by atoms with Gasteiger partial charge in [0, 0.05) is 19.2 Å². The average Bonchev–Trinajstić information content (AvgIpc) is 2.63. The predicted molar refractivity (Wildman–Crippen MR) is 70.8 cm³/mol. The zero-order valence-corrected chi connectivity index (χ0v) is 11.0. The van der Waals surface area contributed by atoms with E-state index in [-0.39, 0.29) is 16.2 Å². The first-order valence-electron chi connectivity index (χ1n) is 6.47. The molecule has 0 bridgehead atoms. The summed E-state index contributed by atoms with van der Waals surface area (Å²) in [6.07, 6.45) is 0. The van der Waals surface area contributed by atoms with E-state index in [9.17, 15) is 9.59 Å². The number of benzene rings is 1. The highest BCUT2D eigenvalue weighted by Gasteiger charge is 2.50. The fraction of sp³-hybridized carbons (Fsp3) is 0.429. The van der Waals surface area contributed by atoms with Crippen molar-refractivity contribution in [3.05, 3.63) is 29.8 Å². The average molecular weight is 261 g/mol. The van der Waals surface area contributed by atoms with E-state index < -0.39 is 0 Å². The summed E-state index contributed by atoms with van der Waals surface area (Å²) in [6.45, 7) is 3.51. The minimum absolute atomic E-state index is 0.0506. The highest BCUT2D eigenvalue weighted by atomic mass is 16.5. The van der Waals surface area contributed by atoms with Gasteiger partial charge in [-0.15, -0.1) is 0 Å². The molecule has 2 aliphatic rings. The molecular formula is C14H17N2O3+. The zero-order chi connectivity index (χ0) is 13.5. The summed E-state index contributed by atoms with van der Waals surface area (Å²) in [5.74, 6) is -0.709. The van der Waals surface area contributed by atoms with Gasteiger partial charge in [0.05, 0.1) is 25.8 Å². The maximum absolute atomic E-state index is 12.3. The van der Waals surface area contributed by atoms with Gasteiger partial charge in [-0.1, -0.05) is 12.1 Å². The van der Waals surface area contributed by atoms with Crippen molar-refractivity contribution in [1.82, 2.24) is 9.38 Å². The molecule has 5 heteroatoms. The SMILES string of the molecule is C[N+]1(CN2CCOCC2)C(=O)C(=O)c2ccccc21. The molecule has 1 fully saturated rings. The van der Waals surface area contributed by atoms with E-state index in [1.54, 1.807) is 12.1 Å². The van der Waals surface area contributed by atoms with Crippen LogP contribution >= 0.6 is 0 Å². The van der Waals surface area contributed by atoms with Gasteiger partial charge in [-0.25, -0.2) is 9.28 Å². The second-order valence-electron chi connectivity index (χ2n) is 5.21. The lowest BCUT2D eigenvalue weighted by molar-refractivity contribution is -0.126. The number of rotatable bonds is 2. The highest BCUT2D eigenvalue weighted by molar-refractivity contribution is 6.50. The van der Waals surface area contributed by atoms with E-state index in [0.717, 1.165) is 18.8 Å². The molecule has 0 N–H and O–H groups in total. The molecule has 1 saturated heterocycles. The third kappa shape index (κ3) is 1.90. The minimum atomic E-state index is -0.369. The van der Waals surface area contributed by atoms with Gasteiger partial charge < -0.3 is 4.74 Å². The Balaban J connectivity index is 1.94. The van der Waals surface area contributed by atoms with Crippen molar-refractivity contribution in [3.63, 3.8) is 0 Å². The first kappa shape index (κ1) is 12.5. The van der Waals surface area contributed by atoms with Gasteiger partial charge >= 0.3 is 5.91 Å². The first-order chi connectivity index (χ1) is 9.13. The van der Waals surface area contributed by atoms with Gasteiger partial charge in [-0.2, -0.15) is 0 Å². The molecular weight excluding hydrogens is 244 g/mol. The van der Waals surface area contributed by atoms with Crippen LogP contribution in [0.3, 0.4) is 0 Å². The van der Waals surface area contributed by atoms with Gasteiger partial charge in [0.1, 0.15) is 6.67 Å². The Morgan fingerprint density at radius 1 is 1.21 bits per heavy atom. The van der Waals surface area contributed by atoms with Crippen molar-refractivity contribution in [2.24, 2.45) is 0 Å². The predicted octanol–water partition coefficient (Wildman–Crippen LogP) is 0.636. The van der Waals surface area contributed by atoms with Crippen LogP contribution in [0.5, 0.6) is 0 Å². The molecule has 0 spiro atoms. The number of nitrogens with zero attached hydrogens (tertiary/aromatic N) is 2. The second-order valence-corrected chi connectivity index (χ2v) is 5.21. The van der Waals surface area contributed by atoms with Crippen molar-refractivity contribution in [2.75, 3.05) is 40.0 Å². The molecule has 1 unspecified atom stereocenters. The lowest BCUT2D eigenvalue weighted by Crippen LogP contribution is -2.57. The summed E-state index contributed by atoms with van der Waals surface area (Å²) in [5.41, 5.74) is 1.35. The number of carbonyl (C=O) groups is 2. The largest absolute Gasteiger partial charge is 0.392 e. The number of Topliss-reactive ketones (excluding diaryl/α,β-unsaturated/α-hetero) is 1. The number of likely N-dealkylation sites (N-methyl/N-ethyl adjacent to an activating group) is 1. The molecule has 1 atom stereocenters. The zero-order valence-electron chi connectivity index (χ0n) is 11.0. The Labute approximate surface area is 112 Å². The van der Waals surface area contributed by atoms with Crippen LogP contribution in [0.15, 0.2) is 24.3 Å². The molecule has 1 aromatic carbocycles. The Morgan fingerprint density at radius 2 is 1.89 bits per heavy atom. The number of ether oxygens (including phenoxy) is 1. The molecule has 0 radical (unpaired) electrons. The Morgan fingerprint density at radius 3 is 2.63 bits per heavy atom. The minimum Gasteiger partial charge on any atom is -0.379 e. The maximum Gasteiger partial charge on any atom is 0.392 e. The number of hydrogen-bond acceptors (Lipinski definition) is 4. The highest BCUT2D eigenvalue weighted by Crippen LogP contribution is 2.34. The molecule has 3 rings (SSSR count). The standard InChI is InChI=1S/C14H17N2O3/c1-16(10-15-6-8-19-9-7-15)12-5-3-2-4-11(12)13(17)14(16)18/h2-5H,6-10H2,1H3/q+1. The summed E-state index contributed by atoms with van der Waals surface area (Å²) in [7, 11) is 1.82. The molecule has 19 heavy (non-hydrogen) atoms. The number of hydrogen-bond donors (Lipinski definition) is 0. The van der Waals surface area contributed by atoms with E-state index in [4.69, 9.17) is 4.74 Å². The molecule has 5 nitrogen and oxygen atoms in total. The number of carbonyl (C=O) groups excluding carboxylic acids is 2. The van der Waals surface area contributed by atoms with Crippen molar-refractivity contribution >= 4 is 17.4 Å². The fourth-order valence-corrected chi connectivity index (χ4v) is 2.83. The molecule has 0 aromatic heterocycles. The van der Waals surface area contributed by atoms with Crippen molar-refractivity contribution in [3.8, 4) is 0 Å². The van der Waals surface area contributed by atoms with Crippen LogP contribution in [0.25, 0.3) is 0 Å². The van der Waals surface area contributed by atoms with Crippen molar-refractivity contribution < 1.29 is 14.3 Å². The van der Waals surface area contributed by atoms with E-state index >= 15 is 0 Å². The second kappa shape index (κ2) is 4.52. The fourth-order valence-electron chi connectivity index (χ4n) is 2.83. The topological polar surface area (TPSA) is 46.6 Å². The number of quaternary nitrogens is 1. The van der Waals surface area contributed by atoms with Gasteiger partial charge in [-0.3, -0.25) is 9.69 Å². The van der Waals surface area contributed by atoms with Crippen LogP contribution in [0.4, 0.5) is 5.69 Å².